The van der Waals surface area contributed by atoms with Crippen molar-refractivity contribution in [3.8, 4) is 5.75 Å². The Labute approximate surface area is 170 Å². The summed E-state index contributed by atoms with van der Waals surface area (Å²) in [5.74, 6) is 0.928. The Hall–Kier alpha value is -1.000. The second-order valence-corrected chi connectivity index (χ2v) is 6.77. The predicted molar refractivity (Wildman–Crippen MR) is 116 cm³/mol. The number of rotatable bonds is 7. The first kappa shape index (κ1) is 23.0. The van der Waals surface area contributed by atoms with Gasteiger partial charge in [0, 0.05) is 32.2 Å². The first-order valence-corrected chi connectivity index (χ1v) is 9.34. The van der Waals surface area contributed by atoms with Crippen molar-refractivity contribution in [2.75, 3.05) is 33.3 Å². The second-order valence-electron chi connectivity index (χ2n) is 6.77. The van der Waals surface area contributed by atoms with Crippen LogP contribution in [0.1, 0.15) is 44.2 Å². The molecule has 2 aromatic rings. The number of fused-ring (bicyclic) bond motifs is 1. The fourth-order valence-corrected chi connectivity index (χ4v) is 3.72. The highest BCUT2D eigenvalue weighted by Crippen LogP contribution is 2.30. The number of ether oxygens (including phenoxy) is 1. The van der Waals surface area contributed by atoms with E-state index in [-0.39, 0.29) is 24.8 Å². The van der Waals surface area contributed by atoms with Crippen molar-refractivity contribution in [2.24, 2.45) is 0 Å². The maximum absolute atomic E-state index is 5.35. The lowest BCUT2D eigenvalue weighted by Crippen LogP contribution is -2.45. The van der Waals surface area contributed by atoms with Gasteiger partial charge in [-0.25, -0.2) is 0 Å². The molecule has 0 spiro atoms. The molecular formula is C21H32Cl2N2O. The van der Waals surface area contributed by atoms with E-state index in [0.717, 1.165) is 31.9 Å². The maximum atomic E-state index is 5.35. The second kappa shape index (κ2) is 11.7. The van der Waals surface area contributed by atoms with Gasteiger partial charge in [0.2, 0.25) is 0 Å². The van der Waals surface area contributed by atoms with Gasteiger partial charge in [0.05, 0.1) is 7.11 Å². The number of halogens is 2. The molecule has 0 bridgehead atoms. The van der Waals surface area contributed by atoms with Gasteiger partial charge in [0.15, 0.2) is 0 Å². The largest absolute Gasteiger partial charge is 0.497 e. The van der Waals surface area contributed by atoms with E-state index < -0.39 is 0 Å². The lowest BCUT2D eigenvalue weighted by atomic mass is 9.95. The van der Waals surface area contributed by atoms with Crippen LogP contribution < -0.4 is 10.1 Å². The summed E-state index contributed by atoms with van der Waals surface area (Å²) in [6.07, 6.45) is 5.18. The molecule has 1 N–H and O–H groups in total. The number of nitrogens with zero attached hydrogens (tertiary/aromatic N) is 1. The third-order valence-corrected chi connectivity index (χ3v) is 5.13. The minimum absolute atomic E-state index is 0. The van der Waals surface area contributed by atoms with Crippen LogP contribution in [0.5, 0.6) is 5.75 Å². The average Bonchev–Trinajstić information content (AvgIpc) is 2.65. The van der Waals surface area contributed by atoms with E-state index in [9.17, 15) is 0 Å². The zero-order chi connectivity index (χ0) is 16.8. The van der Waals surface area contributed by atoms with Gasteiger partial charge < -0.3 is 10.1 Å². The number of hydrogen-bond donors (Lipinski definition) is 1. The van der Waals surface area contributed by atoms with E-state index in [1.165, 1.54) is 42.0 Å². The van der Waals surface area contributed by atoms with Gasteiger partial charge in [0.1, 0.15) is 5.75 Å². The summed E-state index contributed by atoms with van der Waals surface area (Å²) in [7, 11) is 1.73. The summed E-state index contributed by atoms with van der Waals surface area (Å²) in [4.78, 5) is 2.66. The quantitative estimate of drug-likeness (QED) is 0.646. The van der Waals surface area contributed by atoms with Crippen molar-refractivity contribution in [1.29, 1.82) is 0 Å². The SMILES string of the molecule is CCCCC[C@H](c1ccc2cc(OC)ccc2c1)N1CCNCC1.Cl.Cl. The molecule has 1 aliphatic rings. The van der Waals surface area contributed by atoms with E-state index >= 15 is 0 Å². The van der Waals surface area contributed by atoms with Crippen LogP contribution in [0.25, 0.3) is 10.8 Å². The molecule has 3 rings (SSSR count). The fraction of sp³-hybridized carbons (Fsp3) is 0.524. The van der Waals surface area contributed by atoms with Crippen LogP contribution in [0.4, 0.5) is 0 Å². The van der Waals surface area contributed by atoms with Crippen LogP contribution in [-0.4, -0.2) is 38.2 Å². The van der Waals surface area contributed by atoms with Crippen molar-refractivity contribution in [3.05, 3.63) is 42.0 Å². The Morgan fingerprint density at radius 2 is 1.69 bits per heavy atom. The molecular weight excluding hydrogens is 367 g/mol. The highest BCUT2D eigenvalue weighted by atomic mass is 35.5. The van der Waals surface area contributed by atoms with E-state index in [4.69, 9.17) is 4.74 Å². The zero-order valence-electron chi connectivity index (χ0n) is 15.9. The summed E-state index contributed by atoms with van der Waals surface area (Å²) >= 11 is 0. The molecule has 1 saturated heterocycles. The highest BCUT2D eigenvalue weighted by Gasteiger charge is 2.21. The minimum Gasteiger partial charge on any atom is -0.497 e. The molecule has 0 saturated carbocycles. The van der Waals surface area contributed by atoms with Gasteiger partial charge in [0.25, 0.3) is 0 Å². The number of hydrogen-bond acceptors (Lipinski definition) is 3. The standard InChI is InChI=1S/C21H30N2O.2ClH/c1-3-4-5-6-21(23-13-11-22-12-14-23)19-8-7-18-16-20(24-2)10-9-17(18)15-19;;/h7-10,15-16,21-22H,3-6,11-14H2,1-2H3;2*1H/t21-;;/m1../s1. The molecule has 0 aliphatic carbocycles. The molecule has 1 aliphatic heterocycles. The molecule has 3 nitrogen and oxygen atoms in total. The monoisotopic (exact) mass is 398 g/mol. The maximum Gasteiger partial charge on any atom is 0.119 e. The summed E-state index contributed by atoms with van der Waals surface area (Å²) < 4.78 is 5.35. The summed E-state index contributed by atoms with van der Waals surface area (Å²) in [6, 6.07) is 13.9. The molecule has 1 atom stereocenters. The topological polar surface area (TPSA) is 24.5 Å². The van der Waals surface area contributed by atoms with Crippen LogP contribution in [-0.2, 0) is 0 Å². The molecule has 0 amide bonds. The number of piperazine rings is 1. The number of nitrogens with one attached hydrogen (secondary N) is 1. The summed E-state index contributed by atoms with van der Waals surface area (Å²) in [5, 5.41) is 6.04. The van der Waals surface area contributed by atoms with Crippen molar-refractivity contribution in [1.82, 2.24) is 10.2 Å². The van der Waals surface area contributed by atoms with Gasteiger partial charge in [-0.3, -0.25) is 4.90 Å². The third-order valence-electron chi connectivity index (χ3n) is 5.13. The first-order chi connectivity index (χ1) is 11.8. The smallest absolute Gasteiger partial charge is 0.119 e. The summed E-state index contributed by atoms with van der Waals surface area (Å²) in [6.45, 7) is 6.79. The van der Waals surface area contributed by atoms with Crippen molar-refractivity contribution < 1.29 is 4.74 Å². The predicted octanol–water partition coefficient (Wildman–Crippen LogP) is 5.22. The van der Waals surface area contributed by atoms with E-state index in [0.29, 0.717) is 6.04 Å². The van der Waals surface area contributed by atoms with E-state index in [2.05, 4.69) is 53.5 Å². The number of benzene rings is 2. The number of unbranched alkanes of at least 4 members (excludes halogenated alkanes) is 2. The lowest BCUT2D eigenvalue weighted by Gasteiger charge is -2.35. The van der Waals surface area contributed by atoms with Gasteiger partial charge in [-0.2, -0.15) is 0 Å². The fourth-order valence-electron chi connectivity index (χ4n) is 3.72. The Bertz CT molecular complexity index is 660. The normalized spacial score (nSPS) is 15.8. The van der Waals surface area contributed by atoms with Gasteiger partial charge in [-0.05, 0) is 41.0 Å². The molecule has 146 valence electrons. The molecule has 0 radical (unpaired) electrons. The van der Waals surface area contributed by atoms with Crippen LogP contribution in [0.2, 0.25) is 0 Å². The van der Waals surface area contributed by atoms with Crippen molar-refractivity contribution in [3.63, 3.8) is 0 Å². The van der Waals surface area contributed by atoms with Gasteiger partial charge in [-0.15, -0.1) is 24.8 Å². The lowest BCUT2D eigenvalue weighted by molar-refractivity contribution is 0.163. The molecule has 0 unspecified atom stereocenters. The van der Waals surface area contributed by atoms with E-state index in [1.54, 1.807) is 7.11 Å². The Balaban J connectivity index is 0.00000169. The van der Waals surface area contributed by atoms with Crippen LogP contribution in [0.3, 0.4) is 0 Å². The van der Waals surface area contributed by atoms with Gasteiger partial charge in [-0.1, -0.05) is 44.4 Å². The zero-order valence-corrected chi connectivity index (χ0v) is 17.5. The Morgan fingerprint density at radius 3 is 2.38 bits per heavy atom. The van der Waals surface area contributed by atoms with Crippen LogP contribution >= 0.6 is 24.8 Å². The summed E-state index contributed by atoms with van der Waals surface area (Å²) in [5.41, 5.74) is 1.46. The van der Waals surface area contributed by atoms with Crippen molar-refractivity contribution in [2.45, 2.75) is 38.6 Å². The highest BCUT2D eigenvalue weighted by molar-refractivity contribution is 5.86. The molecule has 1 heterocycles. The molecule has 5 heteroatoms. The Kier molecular flexibility index (Phi) is 10.3. The molecule has 1 fully saturated rings. The van der Waals surface area contributed by atoms with E-state index in [1.807, 2.05) is 0 Å². The first-order valence-electron chi connectivity index (χ1n) is 9.34. The number of methoxy groups -OCH3 is 1. The minimum atomic E-state index is 0. The van der Waals surface area contributed by atoms with Crippen LogP contribution in [0, 0.1) is 0 Å². The molecule has 0 aromatic heterocycles. The molecule has 2 aromatic carbocycles. The Morgan fingerprint density at radius 1 is 1.00 bits per heavy atom. The third kappa shape index (κ3) is 5.75. The average molecular weight is 399 g/mol. The molecule has 26 heavy (non-hydrogen) atoms. The van der Waals surface area contributed by atoms with Crippen LogP contribution in [0.15, 0.2) is 36.4 Å². The van der Waals surface area contributed by atoms with Gasteiger partial charge >= 0.3 is 0 Å². The van der Waals surface area contributed by atoms with Crippen molar-refractivity contribution >= 4 is 35.6 Å².